The lowest BCUT2D eigenvalue weighted by molar-refractivity contribution is -0.125. The molecule has 0 saturated carbocycles. The lowest BCUT2D eigenvalue weighted by Crippen LogP contribution is -2.38. The van der Waals surface area contributed by atoms with Gasteiger partial charge in [0.2, 0.25) is 5.91 Å². The average Bonchev–Trinajstić information content (AvgIpc) is 2.73. The molecule has 0 radical (unpaired) electrons. The van der Waals surface area contributed by atoms with E-state index in [0.717, 1.165) is 12.1 Å². The molecule has 1 rings (SSSR count). The number of carbonyl (C=O) groups is 1. The molecule has 1 heterocycles. The Balaban J connectivity index is 2.46. The van der Waals surface area contributed by atoms with E-state index in [1.54, 1.807) is 6.20 Å². The van der Waals surface area contributed by atoms with Crippen LogP contribution in [0.25, 0.3) is 0 Å². The summed E-state index contributed by atoms with van der Waals surface area (Å²) in [5.41, 5.74) is 5.95. The fourth-order valence-corrected chi connectivity index (χ4v) is 1.28. The number of aliphatic hydroxyl groups is 1. The molecule has 2 atom stereocenters. The summed E-state index contributed by atoms with van der Waals surface area (Å²) in [6.45, 7) is 4.90. The van der Waals surface area contributed by atoms with Gasteiger partial charge in [-0.25, -0.2) is 0 Å². The van der Waals surface area contributed by atoms with E-state index in [-0.39, 0.29) is 12.6 Å². The molecule has 4 N–H and O–H groups in total. The predicted molar refractivity (Wildman–Crippen MR) is 59.5 cm³/mol. The second kappa shape index (κ2) is 5.62. The van der Waals surface area contributed by atoms with Crippen molar-refractivity contribution in [3.05, 3.63) is 18.0 Å². The molecule has 0 spiro atoms. The van der Waals surface area contributed by atoms with Crippen LogP contribution in [0, 0.1) is 0 Å². The van der Waals surface area contributed by atoms with Gasteiger partial charge in [-0.1, -0.05) is 0 Å². The second-order valence-electron chi connectivity index (χ2n) is 3.68. The summed E-state index contributed by atoms with van der Waals surface area (Å²) in [7, 11) is 0. The number of hydrogen-bond donors (Lipinski definition) is 3. The number of primary amides is 1. The molecular formula is C10H18N4O2. The molecule has 1 amide bonds. The zero-order valence-electron chi connectivity index (χ0n) is 9.55. The van der Waals surface area contributed by atoms with Gasteiger partial charge in [-0.15, -0.1) is 0 Å². The Bertz CT molecular complexity index is 350. The van der Waals surface area contributed by atoms with Crippen molar-refractivity contribution in [2.45, 2.75) is 32.5 Å². The van der Waals surface area contributed by atoms with Gasteiger partial charge in [0.05, 0.1) is 6.20 Å². The van der Waals surface area contributed by atoms with Gasteiger partial charge in [0, 0.05) is 30.9 Å². The quantitative estimate of drug-likeness (QED) is 0.604. The van der Waals surface area contributed by atoms with Gasteiger partial charge >= 0.3 is 0 Å². The molecule has 6 nitrogen and oxygen atoms in total. The third kappa shape index (κ3) is 3.32. The zero-order chi connectivity index (χ0) is 12.1. The van der Waals surface area contributed by atoms with Crippen LogP contribution >= 0.6 is 0 Å². The Hall–Kier alpha value is -1.40. The van der Waals surface area contributed by atoms with Crippen LogP contribution in [0.5, 0.6) is 0 Å². The maximum atomic E-state index is 10.6. The summed E-state index contributed by atoms with van der Waals surface area (Å²) >= 11 is 0. The van der Waals surface area contributed by atoms with Gasteiger partial charge in [0.25, 0.3) is 0 Å². The van der Waals surface area contributed by atoms with Gasteiger partial charge < -0.3 is 16.2 Å². The smallest absolute Gasteiger partial charge is 0.247 e. The monoisotopic (exact) mass is 226 g/mol. The Morgan fingerprint density at radius 3 is 2.94 bits per heavy atom. The predicted octanol–water partition coefficient (Wildman–Crippen LogP) is -0.600. The number of aromatic nitrogens is 2. The summed E-state index contributed by atoms with van der Waals surface area (Å²) in [4.78, 5) is 10.6. The second-order valence-corrected chi connectivity index (χ2v) is 3.68. The topological polar surface area (TPSA) is 93.2 Å². The highest BCUT2D eigenvalue weighted by molar-refractivity contribution is 5.78. The van der Waals surface area contributed by atoms with E-state index in [2.05, 4.69) is 10.4 Å². The number of nitrogens with zero attached hydrogens (tertiary/aromatic N) is 2. The van der Waals surface area contributed by atoms with Crippen LogP contribution in [0.3, 0.4) is 0 Å². The summed E-state index contributed by atoms with van der Waals surface area (Å²) in [5, 5.41) is 16.4. The maximum Gasteiger partial charge on any atom is 0.247 e. The van der Waals surface area contributed by atoms with E-state index >= 15 is 0 Å². The van der Waals surface area contributed by atoms with E-state index in [1.165, 1.54) is 0 Å². The number of carbonyl (C=O) groups excluding carboxylic acids is 1. The van der Waals surface area contributed by atoms with Crippen LogP contribution in [0.1, 0.15) is 25.5 Å². The minimum atomic E-state index is -1.15. The number of rotatable bonds is 6. The summed E-state index contributed by atoms with van der Waals surface area (Å²) < 4.78 is 1.82. The Labute approximate surface area is 94.4 Å². The Morgan fingerprint density at radius 1 is 1.75 bits per heavy atom. The minimum absolute atomic E-state index is 0.0225. The Kier molecular flexibility index (Phi) is 4.45. The molecule has 1 aromatic rings. The Morgan fingerprint density at radius 2 is 2.44 bits per heavy atom. The van der Waals surface area contributed by atoms with Crippen LogP contribution in [-0.2, 0) is 11.3 Å². The average molecular weight is 226 g/mol. The van der Waals surface area contributed by atoms with Gasteiger partial charge in [0.15, 0.2) is 0 Å². The number of aryl methyl sites for hydroxylation is 1. The van der Waals surface area contributed by atoms with Crippen molar-refractivity contribution in [3.63, 3.8) is 0 Å². The molecule has 0 aliphatic rings. The van der Waals surface area contributed by atoms with E-state index in [9.17, 15) is 9.90 Å². The van der Waals surface area contributed by atoms with Crippen molar-refractivity contribution in [2.75, 3.05) is 6.54 Å². The molecular weight excluding hydrogens is 208 g/mol. The van der Waals surface area contributed by atoms with Crippen LogP contribution in [0.2, 0.25) is 0 Å². The number of hydrogen-bond acceptors (Lipinski definition) is 4. The number of nitrogens with two attached hydrogens (primary N) is 1. The molecule has 16 heavy (non-hydrogen) atoms. The van der Waals surface area contributed by atoms with Gasteiger partial charge in [-0.3, -0.25) is 9.48 Å². The zero-order valence-corrected chi connectivity index (χ0v) is 9.55. The van der Waals surface area contributed by atoms with Crippen molar-refractivity contribution in [1.29, 1.82) is 0 Å². The number of nitrogens with one attached hydrogen (secondary N) is 1. The first-order chi connectivity index (χ1) is 7.54. The van der Waals surface area contributed by atoms with Crippen LogP contribution in [0.15, 0.2) is 12.4 Å². The van der Waals surface area contributed by atoms with E-state index in [0.29, 0.717) is 0 Å². The minimum Gasteiger partial charge on any atom is -0.382 e. The first-order valence-corrected chi connectivity index (χ1v) is 5.27. The lowest BCUT2D eigenvalue weighted by Gasteiger charge is -2.13. The summed E-state index contributed by atoms with van der Waals surface area (Å²) in [5.74, 6) is -0.719. The molecule has 90 valence electrons. The standard InChI is InChI=1S/C10H18N4O2/c1-3-14-6-8(4-13-14)7(2)12-5-9(15)10(11)16/h4,6-7,9,12,15H,3,5H2,1-2H3,(H2,11,16). The largest absolute Gasteiger partial charge is 0.382 e. The van der Waals surface area contributed by atoms with Crippen molar-refractivity contribution in [2.24, 2.45) is 5.73 Å². The van der Waals surface area contributed by atoms with Crippen molar-refractivity contribution >= 4 is 5.91 Å². The van der Waals surface area contributed by atoms with E-state index < -0.39 is 12.0 Å². The highest BCUT2D eigenvalue weighted by atomic mass is 16.3. The molecule has 0 bridgehead atoms. The van der Waals surface area contributed by atoms with Crippen LogP contribution < -0.4 is 11.1 Å². The van der Waals surface area contributed by atoms with Crippen LogP contribution in [0.4, 0.5) is 0 Å². The third-order valence-electron chi connectivity index (χ3n) is 2.42. The first kappa shape index (κ1) is 12.7. The third-order valence-corrected chi connectivity index (χ3v) is 2.42. The van der Waals surface area contributed by atoms with Gasteiger partial charge in [-0.05, 0) is 13.8 Å². The summed E-state index contributed by atoms with van der Waals surface area (Å²) in [6.07, 6.45) is 2.54. The summed E-state index contributed by atoms with van der Waals surface area (Å²) in [6, 6.07) is 0.0225. The number of amides is 1. The van der Waals surface area contributed by atoms with Crippen molar-refractivity contribution < 1.29 is 9.90 Å². The maximum absolute atomic E-state index is 10.6. The lowest BCUT2D eigenvalue weighted by atomic mass is 10.2. The van der Waals surface area contributed by atoms with Crippen LogP contribution in [-0.4, -0.2) is 33.4 Å². The van der Waals surface area contributed by atoms with E-state index in [4.69, 9.17) is 5.73 Å². The van der Waals surface area contributed by atoms with Crippen molar-refractivity contribution in [1.82, 2.24) is 15.1 Å². The van der Waals surface area contributed by atoms with Gasteiger partial charge in [-0.2, -0.15) is 5.10 Å². The first-order valence-electron chi connectivity index (χ1n) is 5.27. The molecule has 0 fully saturated rings. The SMILES string of the molecule is CCn1cc(C(C)NCC(O)C(N)=O)cn1. The highest BCUT2D eigenvalue weighted by Gasteiger charge is 2.13. The molecule has 6 heteroatoms. The normalized spacial score (nSPS) is 14.7. The molecule has 2 unspecified atom stereocenters. The molecule has 0 aliphatic heterocycles. The molecule has 1 aromatic heterocycles. The fourth-order valence-electron chi connectivity index (χ4n) is 1.28. The molecule has 0 aromatic carbocycles. The molecule has 0 aliphatic carbocycles. The number of aliphatic hydroxyl groups excluding tert-OH is 1. The van der Waals surface area contributed by atoms with Crippen molar-refractivity contribution in [3.8, 4) is 0 Å². The highest BCUT2D eigenvalue weighted by Crippen LogP contribution is 2.10. The van der Waals surface area contributed by atoms with E-state index in [1.807, 2.05) is 24.7 Å². The fraction of sp³-hybridized carbons (Fsp3) is 0.600. The van der Waals surface area contributed by atoms with Gasteiger partial charge in [0.1, 0.15) is 6.10 Å². The molecule has 0 saturated heterocycles.